The van der Waals surface area contributed by atoms with Crippen molar-refractivity contribution in [2.75, 3.05) is 36.5 Å². The van der Waals surface area contributed by atoms with E-state index in [1.807, 2.05) is 6.07 Å². The number of hydrogen-bond acceptors (Lipinski definition) is 5. The zero-order chi connectivity index (χ0) is 20.5. The van der Waals surface area contributed by atoms with Gasteiger partial charge in [0.15, 0.2) is 9.84 Å². The van der Waals surface area contributed by atoms with E-state index >= 15 is 0 Å². The molecule has 3 heterocycles. The molecule has 2 aliphatic heterocycles. The van der Waals surface area contributed by atoms with E-state index in [-0.39, 0.29) is 34.8 Å². The van der Waals surface area contributed by atoms with Crippen LogP contribution in [-0.4, -0.2) is 60.1 Å². The zero-order valence-electron chi connectivity index (χ0n) is 16.9. The van der Waals surface area contributed by atoms with Crippen LogP contribution >= 0.6 is 0 Å². The monoisotopic (exact) mass is 406 g/mol. The number of carbonyl (C=O) groups excluding carboxylic acids is 1. The van der Waals surface area contributed by atoms with Gasteiger partial charge in [0.25, 0.3) is 0 Å². The smallest absolute Gasteiger partial charge is 0.228 e. The van der Waals surface area contributed by atoms with E-state index < -0.39 is 9.84 Å². The molecule has 28 heavy (non-hydrogen) atoms. The van der Waals surface area contributed by atoms with Crippen molar-refractivity contribution in [1.82, 2.24) is 14.7 Å². The van der Waals surface area contributed by atoms with Gasteiger partial charge in [-0.15, -0.1) is 6.42 Å². The molecule has 0 saturated carbocycles. The van der Waals surface area contributed by atoms with Crippen LogP contribution < -0.4 is 5.32 Å². The Kier molecular flexibility index (Phi) is 5.87. The van der Waals surface area contributed by atoms with Crippen LogP contribution in [0.3, 0.4) is 0 Å². The van der Waals surface area contributed by atoms with Crippen LogP contribution in [0.25, 0.3) is 0 Å². The molecule has 2 saturated heterocycles. The molecule has 1 N–H and O–H groups in total. The Hall–Kier alpha value is -1.85. The SMILES string of the molecule is C#CCN1CCC(C(=O)Nc2cc(C(C)(C)C)nn2C2CCS(=O)(=O)C2)CC1. The number of nitrogens with zero attached hydrogens (tertiary/aromatic N) is 3. The molecule has 8 heteroatoms. The van der Waals surface area contributed by atoms with E-state index in [0.29, 0.717) is 18.8 Å². The van der Waals surface area contributed by atoms with Crippen LogP contribution in [0, 0.1) is 18.3 Å². The number of nitrogens with one attached hydrogen (secondary N) is 1. The summed E-state index contributed by atoms with van der Waals surface area (Å²) in [7, 11) is -3.04. The van der Waals surface area contributed by atoms with E-state index in [1.54, 1.807) is 4.68 Å². The van der Waals surface area contributed by atoms with Crippen LogP contribution in [-0.2, 0) is 20.0 Å². The second-order valence-corrected chi connectivity index (χ2v) is 11.1. The minimum Gasteiger partial charge on any atom is -0.311 e. The number of sulfone groups is 1. The molecule has 2 aliphatic rings. The number of rotatable bonds is 4. The lowest BCUT2D eigenvalue weighted by molar-refractivity contribution is -0.121. The van der Waals surface area contributed by atoms with Gasteiger partial charge in [-0.2, -0.15) is 5.10 Å². The summed E-state index contributed by atoms with van der Waals surface area (Å²) in [5.74, 6) is 3.40. The van der Waals surface area contributed by atoms with E-state index in [1.165, 1.54) is 0 Å². The molecule has 0 aliphatic carbocycles. The van der Waals surface area contributed by atoms with Crippen LogP contribution in [0.1, 0.15) is 51.8 Å². The summed E-state index contributed by atoms with van der Waals surface area (Å²) in [6.07, 6.45) is 7.43. The second-order valence-electron chi connectivity index (χ2n) is 8.91. The number of likely N-dealkylation sites (tertiary alicyclic amines) is 1. The van der Waals surface area contributed by atoms with E-state index in [9.17, 15) is 13.2 Å². The molecule has 1 amide bonds. The number of anilines is 1. The van der Waals surface area contributed by atoms with Crippen molar-refractivity contribution >= 4 is 21.6 Å². The quantitative estimate of drug-likeness (QED) is 0.771. The number of carbonyl (C=O) groups is 1. The van der Waals surface area contributed by atoms with Gasteiger partial charge in [0.2, 0.25) is 5.91 Å². The number of hydrogen-bond donors (Lipinski definition) is 1. The Morgan fingerprint density at radius 3 is 2.54 bits per heavy atom. The molecule has 154 valence electrons. The van der Waals surface area contributed by atoms with Crippen LogP contribution in [0.2, 0.25) is 0 Å². The Labute approximate surface area is 167 Å². The van der Waals surface area contributed by atoms with Gasteiger partial charge in [-0.3, -0.25) is 9.69 Å². The molecule has 2 fully saturated rings. The lowest BCUT2D eigenvalue weighted by Crippen LogP contribution is -2.38. The summed E-state index contributed by atoms with van der Waals surface area (Å²) in [6, 6.07) is 1.66. The normalized spacial score (nSPS) is 23.4. The van der Waals surface area contributed by atoms with Gasteiger partial charge in [0.1, 0.15) is 5.82 Å². The maximum absolute atomic E-state index is 12.9. The highest BCUT2D eigenvalue weighted by Crippen LogP contribution is 2.31. The molecule has 1 unspecified atom stereocenters. The second kappa shape index (κ2) is 7.88. The standard InChI is InChI=1S/C20H30N4O3S/c1-5-9-23-10-6-15(7-11-23)19(25)21-18-13-17(20(2,3)4)22-24(18)16-8-12-28(26,27)14-16/h1,13,15-16H,6-12,14H2,2-4H3,(H,21,25). The maximum atomic E-state index is 12.9. The van der Waals surface area contributed by atoms with Crippen LogP contribution in [0.15, 0.2) is 6.07 Å². The Bertz CT molecular complexity index is 868. The minimum absolute atomic E-state index is 0.0252. The van der Waals surface area contributed by atoms with Crippen molar-refractivity contribution in [2.24, 2.45) is 5.92 Å². The fraction of sp³-hybridized carbons (Fsp3) is 0.700. The van der Waals surface area contributed by atoms with Crippen molar-refractivity contribution in [3.63, 3.8) is 0 Å². The number of terminal acetylenes is 1. The van der Waals surface area contributed by atoms with E-state index in [4.69, 9.17) is 6.42 Å². The first kappa shape index (κ1) is 20.9. The minimum atomic E-state index is -3.04. The highest BCUT2D eigenvalue weighted by molar-refractivity contribution is 7.91. The van der Waals surface area contributed by atoms with Gasteiger partial charge in [0.05, 0.1) is 29.8 Å². The van der Waals surface area contributed by atoms with E-state index in [2.05, 4.69) is 42.0 Å². The van der Waals surface area contributed by atoms with Gasteiger partial charge in [-0.1, -0.05) is 26.7 Å². The first-order chi connectivity index (χ1) is 13.1. The summed E-state index contributed by atoms with van der Waals surface area (Å²) in [4.78, 5) is 15.0. The van der Waals surface area contributed by atoms with Crippen molar-refractivity contribution < 1.29 is 13.2 Å². The summed E-state index contributed by atoms with van der Waals surface area (Å²) in [6.45, 7) is 8.41. The summed E-state index contributed by atoms with van der Waals surface area (Å²) >= 11 is 0. The highest BCUT2D eigenvalue weighted by atomic mass is 32.2. The molecule has 1 atom stereocenters. The molecule has 3 rings (SSSR count). The van der Waals surface area contributed by atoms with Crippen molar-refractivity contribution in [2.45, 2.75) is 51.5 Å². The largest absolute Gasteiger partial charge is 0.311 e. The first-order valence-electron chi connectivity index (χ1n) is 9.86. The number of piperidine rings is 1. The summed E-state index contributed by atoms with van der Waals surface area (Å²) in [5.41, 5.74) is 0.652. The van der Waals surface area contributed by atoms with Gasteiger partial charge < -0.3 is 5.32 Å². The topological polar surface area (TPSA) is 84.3 Å². The third-order valence-corrected chi connectivity index (χ3v) is 7.33. The van der Waals surface area contributed by atoms with Crippen LogP contribution in [0.4, 0.5) is 5.82 Å². The Morgan fingerprint density at radius 1 is 1.32 bits per heavy atom. The van der Waals surface area contributed by atoms with Gasteiger partial charge in [-0.05, 0) is 32.4 Å². The average Bonchev–Trinajstić information content (AvgIpc) is 3.18. The highest BCUT2D eigenvalue weighted by Gasteiger charge is 2.33. The summed E-state index contributed by atoms with van der Waals surface area (Å²) in [5, 5.41) is 7.70. The first-order valence-corrected chi connectivity index (χ1v) is 11.7. The molecule has 0 spiro atoms. The average molecular weight is 407 g/mol. The lowest BCUT2D eigenvalue weighted by atomic mass is 9.92. The van der Waals surface area contributed by atoms with E-state index in [0.717, 1.165) is 31.6 Å². The molecular formula is C20H30N4O3S. The third kappa shape index (κ3) is 4.76. The predicted molar refractivity (Wildman–Crippen MR) is 110 cm³/mol. The maximum Gasteiger partial charge on any atom is 0.228 e. The van der Waals surface area contributed by atoms with Crippen molar-refractivity contribution in [3.8, 4) is 12.3 Å². The van der Waals surface area contributed by atoms with Crippen LogP contribution in [0.5, 0.6) is 0 Å². The Balaban J connectivity index is 1.76. The predicted octanol–water partition coefficient (Wildman–Crippen LogP) is 1.82. The zero-order valence-corrected chi connectivity index (χ0v) is 17.8. The van der Waals surface area contributed by atoms with Gasteiger partial charge in [0, 0.05) is 17.4 Å². The lowest BCUT2D eigenvalue weighted by Gasteiger charge is -2.29. The molecule has 7 nitrogen and oxygen atoms in total. The van der Waals surface area contributed by atoms with Gasteiger partial charge in [-0.25, -0.2) is 13.1 Å². The fourth-order valence-corrected chi connectivity index (χ4v) is 5.50. The number of amides is 1. The molecular weight excluding hydrogens is 376 g/mol. The molecule has 0 radical (unpaired) electrons. The molecule has 0 aromatic carbocycles. The van der Waals surface area contributed by atoms with Gasteiger partial charge >= 0.3 is 0 Å². The third-order valence-electron chi connectivity index (χ3n) is 5.58. The fourth-order valence-electron chi connectivity index (χ4n) is 3.81. The molecule has 1 aromatic heterocycles. The van der Waals surface area contributed by atoms with Crippen molar-refractivity contribution in [3.05, 3.63) is 11.8 Å². The molecule has 1 aromatic rings. The van der Waals surface area contributed by atoms with Crippen molar-refractivity contribution in [1.29, 1.82) is 0 Å². The summed E-state index contributed by atoms with van der Waals surface area (Å²) < 4.78 is 25.6. The number of aromatic nitrogens is 2. The molecule has 0 bridgehead atoms. The Morgan fingerprint density at radius 2 is 2.00 bits per heavy atom.